The fourth-order valence-corrected chi connectivity index (χ4v) is 3.70. The Hall–Kier alpha value is -3.34. The van der Waals surface area contributed by atoms with Gasteiger partial charge in [-0.15, -0.1) is 0 Å². The van der Waals surface area contributed by atoms with E-state index in [1.807, 2.05) is 61.9 Å². The van der Waals surface area contributed by atoms with Gasteiger partial charge in [-0.1, -0.05) is 30.3 Å². The van der Waals surface area contributed by atoms with Crippen molar-refractivity contribution in [3.05, 3.63) is 82.4 Å². The highest BCUT2D eigenvalue weighted by Gasteiger charge is 2.16. The highest BCUT2D eigenvalue weighted by Crippen LogP contribution is 2.26. The second-order valence-corrected chi connectivity index (χ2v) is 7.50. The summed E-state index contributed by atoms with van der Waals surface area (Å²) < 4.78 is 7.64. The summed E-state index contributed by atoms with van der Waals surface area (Å²) in [7, 11) is 0. The van der Waals surface area contributed by atoms with Crippen molar-refractivity contribution in [2.45, 2.75) is 40.7 Å². The van der Waals surface area contributed by atoms with Crippen LogP contribution in [0.2, 0.25) is 0 Å². The number of hydrogen-bond acceptors (Lipinski definition) is 3. The molecule has 2 aromatic carbocycles. The first kappa shape index (κ1) is 19.0. The van der Waals surface area contributed by atoms with E-state index in [4.69, 9.17) is 4.42 Å². The zero-order valence-electron chi connectivity index (χ0n) is 17.2. The minimum absolute atomic E-state index is 0.0304. The highest BCUT2D eigenvalue weighted by molar-refractivity contribution is 5.89. The molecule has 0 atom stereocenters. The summed E-state index contributed by atoms with van der Waals surface area (Å²) >= 11 is 0. The van der Waals surface area contributed by atoms with Crippen molar-refractivity contribution in [1.29, 1.82) is 0 Å². The number of carbonyl (C=O) groups excluding carboxylic acids is 1. The van der Waals surface area contributed by atoms with Gasteiger partial charge in [0.15, 0.2) is 0 Å². The van der Waals surface area contributed by atoms with E-state index in [2.05, 4.69) is 23.4 Å². The minimum Gasteiger partial charge on any atom is -0.464 e. The molecule has 0 bridgehead atoms. The minimum atomic E-state index is -0.0304. The zero-order chi connectivity index (χ0) is 20.5. The summed E-state index contributed by atoms with van der Waals surface area (Å²) in [5.74, 6) is -0.0304. The molecule has 1 amide bonds. The number of benzene rings is 2. The third-order valence-electron chi connectivity index (χ3n) is 5.60. The van der Waals surface area contributed by atoms with Crippen molar-refractivity contribution in [2.24, 2.45) is 0 Å². The number of carbonyl (C=O) groups is 1. The number of nitrogens with one attached hydrogen (secondary N) is 1. The van der Waals surface area contributed by atoms with E-state index in [1.165, 1.54) is 5.56 Å². The molecule has 148 valence electrons. The number of rotatable bonds is 5. The van der Waals surface area contributed by atoms with Gasteiger partial charge >= 0.3 is 0 Å². The number of fused-ring (bicyclic) bond motifs is 1. The largest absolute Gasteiger partial charge is 0.464 e. The Morgan fingerprint density at radius 1 is 1.07 bits per heavy atom. The lowest BCUT2D eigenvalue weighted by Crippen LogP contribution is -2.25. The van der Waals surface area contributed by atoms with E-state index in [0.29, 0.717) is 13.0 Å². The van der Waals surface area contributed by atoms with Gasteiger partial charge in [-0.25, -0.2) is 4.68 Å². The third-order valence-corrected chi connectivity index (χ3v) is 5.60. The lowest BCUT2D eigenvalue weighted by Gasteiger charge is -2.07. The first-order valence-electron chi connectivity index (χ1n) is 9.79. The molecule has 29 heavy (non-hydrogen) atoms. The van der Waals surface area contributed by atoms with Gasteiger partial charge in [0.2, 0.25) is 5.91 Å². The van der Waals surface area contributed by atoms with E-state index >= 15 is 0 Å². The molecule has 5 nitrogen and oxygen atoms in total. The molecule has 0 radical (unpaired) electrons. The predicted molar refractivity (Wildman–Crippen MR) is 114 cm³/mol. The molecule has 0 aliphatic rings. The number of nitrogens with zero attached hydrogens (tertiary/aromatic N) is 2. The van der Waals surface area contributed by atoms with Crippen molar-refractivity contribution in [2.75, 3.05) is 0 Å². The Kier molecular flexibility index (Phi) is 4.97. The molecule has 2 aromatic heterocycles. The van der Waals surface area contributed by atoms with Gasteiger partial charge in [-0.05, 0) is 51.0 Å². The molecule has 4 aromatic rings. The maximum atomic E-state index is 12.6. The van der Waals surface area contributed by atoms with Gasteiger partial charge in [0.05, 0.1) is 24.1 Å². The molecule has 2 heterocycles. The average molecular weight is 387 g/mol. The summed E-state index contributed by atoms with van der Waals surface area (Å²) in [4.78, 5) is 12.6. The number of aryl methyl sites for hydroxylation is 3. The van der Waals surface area contributed by atoms with Crippen molar-refractivity contribution in [3.63, 3.8) is 0 Å². The topological polar surface area (TPSA) is 60.1 Å². The van der Waals surface area contributed by atoms with E-state index < -0.39 is 0 Å². The molecule has 0 unspecified atom stereocenters. The van der Waals surface area contributed by atoms with Crippen LogP contribution in [0.3, 0.4) is 0 Å². The van der Waals surface area contributed by atoms with Gasteiger partial charge in [0.1, 0.15) is 5.58 Å². The maximum absolute atomic E-state index is 12.6. The Bertz CT molecular complexity index is 1190. The number of furan rings is 1. The summed E-state index contributed by atoms with van der Waals surface area (Å²) in [5.41, 5.74) is 8.10. The summed E-state index contributed by atoms with van der Waals surface area (Å²) in [6.45, 7) is 8.56. The van der Waals surface area contributed by atoms with Crippen molar-refractivity contribution >= 4 is 16.9 Å². The first-order valence-corrected chi connectivity index (χ1v) is 9.79. The van der Waals surface area contributed by atoms with Crippen LogP contribution in [0.5, 0.6) is 0 Å². The van der Waals surface area contributed by atoms with Crippen LogP contribution < -0.4 is 5.32 Å². The summed E-state index contributed by atoms with van der Waals surface area (Å²) in [6, 6.07) is 14.1. The third kappa shape index (κ3) is 3.56. The van der Waals surface area contributed by atoms with E-state index in [0.717, 1.165) is 44.7 Å². The monoisotopic (exact) mass is 387 g/mol. The van der Waals surface area contributed by atoms with Crippen molar-refractivity contribution < 1.29 is 9.21 Å². The molecule has 1 N–H and O–H groups in total. The average Bonchev–Trinajstić information content (AvgIpc) is 3.25. The molecule has 0 aliphatic carbocycles. The van der Waals surface area contributed by atoms with E-state index in [-0.39, 0.29) is 5.91 Å². The SMILES string of the molecule is Cc1ccc2c(CC(=O)NCc3c(C)nn(-c4ccccc4)c3C)coc2c1C. The maximum Gasteiger partial charge on any atom is 0.224 e. The molecule has 0 saturated heterocycles. The van der Waals surface area contributed by atoms with Gasteiger partial charge in [0.25, 0.3) is 0 Å². The first-order chi connectivity index (χ1) is 14.0. The molecule has 0 fully saturated rings. The number of para-hydroxylation sites is 1. The van der Waals surface area contributed by atoms with Crippen LogP contribution in [0.1, 0.15) is 33.6 Å². The fraction of sp³-hybridized carbons (Fsp3) is 0.250. The van der Waals surface area contributed by atoms with Crippen LogP contribution in [0.25, 0.3) is 16.7 Å². The molecule has 0 saturated carbocycles. The predicted octanol–water partition coefficient (Wildman–Crippen LogP) is 4.71. The van der Waals surface area contributed by atoms with Crippen LogP contribution in [0.15, 0.2) is 53.1 Å². The molecule has 0 aliphatic heterocycles. The fourth-order valence-electron chi connectivity index (χ4n) is 3.70. The second-order valence-electron chi connectivity index (χ2n) is 7.50. The summed E-state index contributed by atoms with van der Waals surface area (Å²) in [6.07, 6.45) is 1.99. The standard InChI is InChI=1S/C24H25N3O2/c1-15-10-11-21-19(14-29-24(21)16(15)2)12-23(28)25-13-22-17(3)26-27(18(22)4)20-8-6-5-7-9-20/h5-11,14H,12-13H2,1-4H3,(H,25,28). The Labute approximate surface area is 170 Å². The normalized spacial score (nSPS) is 11.2. The zero-order valence-corrected chi connectivity index (χ0v) is 17.2. The highest BCUT2D eigenvalue weighted by atomic mass is 16.3. The lowest BCUT2D eigenvalue weighted by atomic mass is 10.0. The Morgan fingerprint density at radius 3 is 2.59 bits per heavy atom. The molecular weight excluding hydrogens is 362 g/mol. The lowest BCUT2D eigenvalue weighted by molar-refractivity contribution is -0.120. The number of amides is 1. The van der Waals surface area contributed by atoms with Crippen LogP contribution in [-0.4, -0.2) is 15.7 Å². The van der Waals surface area contributed by atoms with Gasteiger partial charge in [0, 0.05) is 28.8 Å². The Morgan fingerprint density at radius 2 is 1.83 bits per heavy atom. The van der Waals surface area contributed by atoms with Gasteiger partial charge < -0.3 is 9.73 Å². The summed E-state index contributed by atoms with van der Waals surface area (Å²) in [5, 5.41) is 8.69. The number of aromatic nitrogens is 2. The smallest absolute Gasteiger partial charge is 0.224 e. The molecule has 0 spiro atoms. The van der Waals surface area contributed by atoms with Crippen LogP contribution >= 0.6 is 0 Å². The number of hydrogen-bond donors (Lipinski definition) is 1. The van der Waals surface area contributed by atoms with E-state index in [9.17, 15) is 4.79 Å². The van der Waals surface area contributed by atoms with E-state index in [1.54, 1.807) is 6.26 Å². The quantitative estimate of drug-likeness (QED) is 0.539. The van der Waals surface area contributed by atoms with Gasteiger partial charge in [-0.3, -0.25) is 4.79 Å². The van der Waals surface area contributed by atoms with Crippen molar-refractivity contribution in [1.82, 2.24) is 15.1 Å². The molecule has 4 rings (SSSR count). The Balaban J connectivity index is 1.48. The second kappa shape index (κ2) is 7.59. The van der Waals surface area contributed by atoms with Crippen LogP contribution in [-0.2, 0) is 17.8 Å². The molecule has 5 heteroatoms. The van der Waals surface area contributed by atoms with Crippen molar-refractivity contribution in [3.8, 4) is 5.69 Å². The molecular formula is C24H25N3O2. The van der Waals surface area contributed by atoms with Crippen LogP contribution in [0, 0.1) is 27.7 Å². The van der Waals surface area contributed by atoms with Crippen LogP contribution in [0.4, 0.5) is 0 Å². The van der Waals surface area contributed by atoms with Gasteiger partial charge in [-0.2, -0.15) is 5.10 Å².